The summed E-state index contributed by atoms with van der Waals surface area (Å²) >= 11 is 29.5. The molecule has 29 heteroatoms. The summed E-state index contributed by atoms with van der Waals surface area (Å²) in [5, 5.41) is 71.5. The number of terminal acetylenes is 1. The number of carbonyl (C=O) groups excluding carboxylic acids is 5. The Morgan fingerprint density at radius 3 is 1.29 bits per heavy atom. The average molecular weight is 2380 g/mol. The molecular weight excluding hydrogens is 2280 g/mol. The smallest absolute Gasteiger partial charge is 0.307 e. The van der Waals surface area contributed by atoms with Gasteiger partial charge in [-0.1, -0.05) is 246 Å². The number of carbonyl (C=O) groups is 5. The van der Waals surface area contributed by atoms with E-state index >= 15 is 0 Å². The first kappa shape index (κ1) is 117. The summed E-state index contributed by atoms with van der Waals surface area (Å²) in [7, 11) is 0. The second-order valence-corrected chi connectivity index (χ2v) is 47.9. The summed E-state index contributed by atoms with van der Waals surface area (Å²) in [4.78, 5) is 76.0. The summed E-state index contributed by atoms with van der Waals surface area (Å²) in [6.45, 7) is 33.3. The van der Waals surface area contributed by atoms with E-state index < -0.39 is 12.0 Å². The molecule has 1 aliphatic carbocycles. The number of fused-ring (bicyclic) bond motifs is 3. The molecule has 0 amide bonds. The van der Waals surface area contributed by atoms with Crippen LogP contribution >= 0.6 is 161 Å². The van der Waals surface area contributed by atoms with Crippen LogP contribution in [0.4, 0.5) is 8.78 Å². The number of aromatic nitrogens is 2. The maximum absolute atomic E-state index is 14.1. The molecule has 19 rings (SSSR count). The lowest BCUT2D eigenvalue weighted by molar-refractivity contribution is 0.0469. The molecule has 0 saturated heterocycles. The van der Waals surface area contributed by atoms with E-state index in [1.54, 1.807) is 90.6 Å². The first-order chi connectivity index (χ1) is 71.5. The molecule has 0 spiro atoms. The second kappa shape index (κ2) is 56.1. The molecule has 0 bridgehead atoms. The van der Waals surface area contributed by atoms with Crippen molar-refractivity contribution in [3.05, 3.63) is 506 Å². The number of hydrogen-bond donors (Lipinski definition) is 7. The zero-order chi connectivity index (χ0) is 109. The Morgan fingerprint density at radius 1 is 0.433 bits per heavy atom. The molecule has 18 aromatic rings. The van der Waals surface area contributed by atoms with Gasteiger partial charge in [0.2, 0.25) is 5.78 Å². The van der Waals surface area contributed by atoms with E-state index in [2.05, 4.69) is 166 Å². The highest BCUT2D eigenvalue weighted by molar-refractivity contribution is 9.11. The molecule has 0 fully saturated rings. The molecule has 150 heavy (non-hydrogen) atoms. The number of Topliss-reactive ketones (excluding diaryl/α,β-unsaturated/α-hetero) is 4. The molecule has 0 aliphatic heterocycles. The lowest BCUT2D eigenvalue weighted by Crippen LogP contribution is -2.13. The number of aliphatic hydroxyl groups excluding tert-OH is 7. The quantitative estimate of drug-likeness (QED) is 0.0160. The number of rotatable bonds is 25. The van der Waals surface area contributed by atoms with Crippen LogP contribution < -0.4 is 0 Å². The third-order valence-corrected chi connectivity index (χ3v) is 34.0. The van der Waals surface area contributed by atoms with Crippen molar-refractivity contribution in [2.45, 2.75) is 92.6 Å². The van der Waals surface area contributed by atoms with Gasteiger partial charge in [0.1, 0.15) is 56.4 Å². The number of benzene rings is 9. The predicted molar refractivity (Wildman–Crippen MR) is 636 cm³/mol. The minimum Gasteiger partial charge on any atom is -0.508 e. The van der Waals surface area contributed by atoms with Crippen LogP contribution in [0, 0.1) is 26.2 Å². The van der Waals surface area contributed by atoms with Gasteiger partial charge in [0.15, 0.2) is 23.1 Å². The van der Waals surface area contributed by atoms with Crippen molar-refractivity contribution in [1.82, 2.24) is 9.97 Å². The molecule has 1 atom stereocenters. The lowest BCUT2D eigenvalue weighted by Gasteiger charge is -2.15. The molecule has 9 aromatic carbocycles. The molecule has 9 aromatic heterocycles. The van der Waals surface area contributed by atoms with Crippen molar-refractivity contribution in [2.24, 2.45) is 0 Å². The van der Waals surface area contributed by atoms with Crippen LogP contribution in [-0.2, 0) is 38.0 Å². The first-order valence-corrected chi connectivity index (χ1v) is 56.2. The van der Waals surface area contributed by atoms with Gasteiger partial charge >= 0.3 is 5.92 Å². The number of ketones is 5. The number of thiazole rings is 2. The number of nitrogens with zero attached hydrogens (tertiary/aromatic N) is 2. The highest BCUT2D eigenvalue weighted by atomic mass is 79.9. The monoisotopic (exact) mass is 2370 g/mol. The summed E-state index contributed by atoms with van der Waals surface area (Å²) in [5.74, 6) is 0.193. The second-order valence-electron chi connectivity index (χ2n) is 33.5. The zero-order valence-corrected chi connectivity index (χ0v) is 95.2. The maximum atomic E-state index is 14.1. The van der Waals surface area contributed by atoms with E-state index in [1.807, 2.05) is 187 Å². The van der Waals surface area contributed by atoms with Crippen LogP contribution in [0.15, 0.2) is 353 Å². The molecule has 0 saturated carbocycles. The van der Waals surface area contributed by atoms with Crippen molar-refractivity contribution in [3.63, 3.8) is 0 Å². The molecule has 764 valence electrons. The van der Waals surface area contributed by atoms with Gasteiger partial charge in [-0.3, -0.25) is 24.0 Å². The van der Waals surface area contributed by atoms with Gasteiger partial charge in [0, 0.05) is 152 Å². The highest BCUT2D eigenvalue weighted by Gasteiger charge is 2.36. The number of hydrogen-bond acceptors (Lipinski definition) is 23. The normalized spacial score (nSPS) is 10.9. The Morgan fingerprint density at radius 2 is 0.873 bits per heavy atom. The summed E-state index contributed by atoms with van der Waals surface area (Å²) < 4.78 is 31.1. The number of alkyl halides is 2. The summed E-state index contributed by atoms with van der Waals surface area (Å²) in [6, 6.07) is 87.6. The van der Waals surface area contributed by atoms with Gasteiger partial charge in [-0.2, -0.15) is 8.78 Å². The predicted octanol–water partition coefficient (Wildman–Crippen LogP) is 36.7. The van der Waals surface area contributed by atoms with Crippen LogP contribution in [0.25, 0.3) is 66.8 Å². The largest absolute Gasteiger partial charge is 0.508 e. The van der Waals surface area contributed by atoms with Gasteiger partial charge in [0.05, 0.1) is 35.7 Å². The first-order valence-electron chi connectivity index (χ1n) is 45.9. The third kappa shape index (κ3) is 34.2. The number of halogens is 6. The van der Waals surface area contributed by atoms with Gasteiger partial charge in [-0.05, 0) is 235 Å². The van der Waals surface area contributed by atoms with Crippen LogP contribution in [-0.4, -0.2) is 74.6 Å². The fourth-order valence-corrected chi connectivity index (χ4v) is 24.3. The van der Waals surface area contributed by atoms with E-state index in [0.717, 1.165) is 146 Å². The molecule has 14 nitrogen and oxygen atoms in total. The van der Waals surface area contributed by atoms with Crippen molar-refractivity contribution in [1.29, 1.82) is 0 Å². The molecular formula is C121H102Br3ClF2N2O12S9. The lowest BCUT2D eigenvalue weighted by atomic mass is 10.0. The van der Waals surface area contributed by atoms with Crippen LogP contribution in [0.5, 0.6) is 0 Å². The molecule has 7 N–H and O–H groups in total. The molecule has 0 radical (unpaired) electrons. The standard InChI is InChI=1S/C15H14O2S.C15H16OS.C15H12OS.C13H9BrF2OS.C13H11BrO2S.C13H11BrOS.C13H13NOS.C13H8O2S.C11H8ClNOS/c1-10(16)13-5-3-12(4-6-13)9-14-7-8-15(18-14)11(2)17;2*1-3-14-8-9-15(17-14)10-12-4-6-13(7-5-12)11(2)16;1-8(17)9-2-4-10(5-3-9)13(15,16)11-6-7-12(14)18-11;1-8(15)9-2-4-10(5-3-9)13(16)11-6-7-12(14)17-11;1-9(15)11-4-2-10(3-5-11)8-12-6-7-13(14)16-12;1-8-5-4-6-9(2)12(8)13-14-7-11(16-13)10(3)15;1-7(14)8-2-3-9-11(6-8)10-4-5-16-13(10)12(9)15;1-7(14)10-6-15-11(13-10)8-3-2-4-9(12)5-8/h3-8,16H,1,9H2,2H3;4-9,16H,2-3,10H2,1H3;1,4-9,16H,2,10H2;2-7,17H,1H2;2-7,13,15-16H,1H2;2-7,15H,1,8H2;4-7H,1-3H3;2-6H,1H3;2-6H,1H3. The number of thiophene rings is 7. The minimum absolute atomic E-state index is 0.0143. The summed E-state index contributed by atoms with van der Waals surface area (Å²) in [6.07, 6.45) is 11.0. The maximum Gasteiger partial charge on any atom is 0.307 e. The van der Waals surface area contributed by atoms with E-state index in [9.17, 15) is 63.4 Å². The molecule has 1 aliphatic rings. The Balaban J connectivity index is 0.000000160. The summed E-state index contributed by atoms with van der Waals surface area (Å²) in [5.41, 5.74) is 17.9. The minimum atomic E-state index is -3.04. The molecule has 9 heterocycles. The highest BCUT2D eigenvalue weighted by Crippen LogP contribution is 2.44. The van der Waals surface area contributed by atoms with E-state index in [0.29, 0.717) is 36.8 Å². The Kier molecular flexibility index (Phi) is 43.8. The van der Waals surface area contributed by atoms with E-state index in [4.69, 9.17) is 23.1 Å². The van der Waals surface area contributed by atoms with Crippen LogP contribution in [0.1, 0.15) is 213 Å². The van der Waals surface area contributed by atoms with Crippen molar-refractivity contribution < 1.29 is 68.5 Å². The van der Waals surface area contributed by atoms with Gasteiger partial charge < -0.3 is 35.7 Å². The Bertz CT molecular complexity index is 7850. The fraction of sp³-hybridized carbons (Fsp3) is 0.116. The average Bonchev–Trinajstić information content (AvgIpc) is 1.60. The number of aryl methyl sites for hydroxylation is 3. The van der Waals surface area contributed by atoms with Crippen LogP contribution in [0.2, 0.25) is 5.02 Å². The Hall–Kier alpha value is -13.2. The molecule has 1 unspecified atom stereocenters. The van der Waals surface area contributed by atoms with E-state index in [-0.39, 0.29) is 73.9 Å². The zero-order valence-electron chi connectivity index (χ0n) is 82.3. The van der Waals surface area contributed by atoms with Gasteiger partial charge in [-0.15, -0.1) is 108 Å². The van der Waals surface area contributed by atoms with Crippen molar-refractivity contribution in [3.8, 4) is 44.6 Å². The van der Waals surface area contributed by atoms with Crippen molar-refractivity contribution in [2.75, 3.05) is 0 Å². The van der Waals surface area contributed by atoms with E-state index in [1.165, 1.54) is 148 Å². The third-order valence-electron chi connectivity index (χ3n) is 22.4. The van der Waals surface area contributed by atoms with Crippen molar-refractivity contribution >= 4 is 225 Å². The van der Waals surface area contributed by atoms with Crippen LogP contribution in [0.3, 0.4) is 0 Å². The topological polar surface area (TPSA) is 253 Å². The van der Waals surface area contributed by atoms with Gasteiger partial charge in [0.25, 0.3) is 0 Å². The number of aliphatic hydroxyl groups is 7. The SMILES string of the molecule is C#Cc1ccc(Cc2ccc(C(=C)O)cc2)s1.C=C(O)c1ccc(C(F)(F)c2ccc(Br)s2)cc1.C=C(O)c1ccc(C(O)c2ccc(Br)s2)cc1.C=C(O)c1ccc(Cc2ccc(Br)s2)cc1.C=C(O)c1ccc(Cc2ccc(C(C)=O)s2)cc1.C=C(O)c1ccc(Cc2ccc(CC)s2)cc1.CC(=O)c1ccc2c(c1)-c1ccsc1C2=O.CC(=O)c1cnc(-c2c(C)cccc2C)s1.CC(=O)c1csc(-c2cccc(Cl)c2)n1. The fourth-order valence-electron chi connectivity index (χ4n) is 14.3. The Labute approximate surface area is 937 Å². The van der Waals surface area contributed by atoms with Gasteiger partial charge in [-0.25, -0.2) is 9.97 Å².